The summed E-state index contributed by atoms with van der Waals surface area (Å²) in [4.78, 5) is 2.27. The fourth-order valence-electron chi connectivity index (χ4n) is 3.40. The van der Waals surface area contributed by atoms with Crippen LogP contribution in [0.2, 0.25) is 5.02 Å². The van der Waals surface area contributed by atoms with Gasteiger partial charge in [-0.05, 0) is 41.5 Å². The van der Waals surface area contributed by atoms with Crippen molar-refractivity contribution in [1.82, 2.24) is 0 Å². The molecule has 0 bridgehead atoms. The minimum atomic E-state index is -0.204. The zero-order valence-electron chi connectivity index (χ0n) is 13.9. The average Bonchev–Trinajstić information content (AvgIpc) is 2.65. The first-order chi connectivity index (χ1) is 12.2. The maximum atomic E-state index is 6.56. The number of ether oxygens (including phenoxy) is 1. The van der Waals surface area contributed by atoms with Gasteiger partial charge in [0.05, 0.1) is 13.2 Å². The molecule has 2 N–H and O–H groups in total. The molecule has 0 spiro atoms. The summed E-state index contributed by atoms with van der Waals surface area (Å²) in [7, 11) is 1.67. The van der Waals surface area contributed by atoms with E-state index in [0.717, 1.165) is 34.8 Å². The molecule has 1 heterocycles. The Morgan fingerprint density at radius 2 is 1.76 bits per heavy atom. The monoisotopic (exact) mass is 350 g/mol. The van der Waals surface area contributed by atoms with Crippen molar-refractivity contribution in [1.29, 1.82) is 0 Å². The molecular weight excluding hydrogens is 332 g/mol. The number of methoxy groups -OCH3 is 1. The Balaban J connectivity index is 1.87. The van der Waals surface area contributed by atoms with Gasteiger partial charge < -0.3 is 15.4 Å². The van der Waals surface area contributed by atoms with E-state index in [9.17, 15) is 0 Å². The number of nitrogens with two attached hydrogens (primary N) is 1. The van der Waals surface area contributed by atoms with E-state index in [-0.39, 0.29) is 6.04 Å². The van der Waals surface area contributed by atoms with Crippen LogP contribution in [0.15, 0.2) is 66.7 Å². The number of hydrogen-bond acceptors (Lipinski definition) is 3. The lowest BCUT2D eigenvalue weighted by Gasteiger charge is -2.36. The fraction of sp³-hybridized carbons (Fsp3) is 0.143. The Bertz CT molecular complexity index is 911. The molecule has 0 fully saturated rings. The maximum absolute atomic E-state index is 6.56. The third kappa shape index (κ3) is 2.86. The summed E-state index contributed by atoms with van der Waals surface area (Å²) >= 11 is 6.28. The molecule has 0 saturated heterocycles. The molecule has 1 unspecified atom stereocenters. The number of halogens is 1. The summed E-state index contributed by atoms with van der Waals surface area (Å²) in [6, 6.07) is 22.2. The molecule has 1 atom stereocenters. The number of fused-ring (bicyclic) bond motifs is 2. The number of hydrogen-bond donors (Lipinski definition) is 1. The Labute approximate surface area is 152 Å². The van der Waals surface area contributed by atoms with Crippen molar-refractivity contribution in [2.24, 2.45) is 5.73 Å². The van der Waals surface area contributed by atoms with Gasteiger partial charge in [-0.15, -0.1) is 0 Å². The second-order valence-corrected chi connectivity index (χ2v) is 6.61. The van der Waals surface area contributed by atoms with E-state index in [4.69, 9.17) is 22.1 Å². The zero-order valence-corrected chi connectivity index (χ0v) is 14.7. The number of benzene rings is 3. The van der Waals surface area contributed by atoms with E-state index in [0.29, 0.717) is 5.02 Å². The van der Waals surface area contributed by atoms with Crippen LogP contribution < -0.4 is 15.4 Å². The van der Waals surface area contributed by atoms with Gasteiger partial charge >= 0.3 is 0 Å². The molecule has 4 rings (SSSR count). The summed E-state index contributed by atoms with van der Waals surface area (Å²) in [5, 5.41) is 0.709. The third-order valence-corrected chi connectivity index (χ3v) is 4.90. The lowest BCUT2D eigenvalue weighted by molar-refractivity contribution is 0.414. The van der Waals surface area contributed by atoms with Crippen LogP contribution in [-0.2, 0) is 6.54 Å². The number of rotatable bonds is 3. The smallest absolute Gasteiger partial charge is 0.119 e. The predicted molar refractivity (Wildman–Crippen MR) is 103 cm³/mol. The van der Waals surface area contributed by atoms with Crippen molar-refractivity contribution in [2.45, 2.75) is 12.6 Å². The molecule has 126 valence electrons. The molecule has 3 aromatic carbocycles. The van der Waals surface area contributed by atoms with Gasteiger partial charge in [0.2, 0.25) is 0 Å². The standard InChI is InChI=1S/C21H19ClN2O/c1-25-16-8-10-19-18(12-16)21(23)17-9-7-15(22)11-20(17)24(19)13-14-5-3-2-4-6-14/h2-12,21H,13,23H2,1H3. The van der Waals surface area contributed by atoms with E-state index in [1.54, 1.807) is 7.11 Å². The largest absolute Gasteiger partial charge is 0.497 e. The summed E-state index contributed by atoms with van der Waals surface area (Å²) in [6.07, 6.45) is 0. The molecule has 4 heteroatoms. The van der Waals surface area contributed by atoms with Crippen LogP contribution in [0.4, 0.5) is 11.4 Å². The number of anilines is 2. The highest BCUT2D eigenvalue weighted by atomic mass is 35.5. The highest BCUT2D eigenvalue weighted by molar-refractivity contribution is 6.31. The Morgan fingerprint density at radius 1 is 0.960 bits per heavy atom. The highest BCUT2D eigenvalue weighted by Gasteiger charge is 2.29. The second-order valence-electron chi connectivity index (χ2n) is 6.18. The first-order valence-electron chi connectivity index (χ1n) is 8.22. The first kappa shape index (κ1) is 16.0. The molecular formula is C21H19ClN2O. The first-order valence-corrected chi connectivity index (χ1v) is 8.59. The quantitative estimate of drug-likeness (QED) is 0.718. The van der Waals surface area contributed by atoms with Gasteiger partial charge in [0, 0.05) is 28.5 Å². The Hall–Kier alpha value is -2.49. The molecule has 0 aromatic heterocycles. The zero-order chi connectivity index (χ0) is 17.4. The van der Waals surface area contributed by atoms with Crippen molar-refractivity contribution < 1.29 is 4.74 Å². The van der Waals surface area contributed by atoms with E-state index in [1.165, 1.54) is 5.56 Å². The second kappa shape index (κ2) is 6.43. The molecule has 1 aliphatic heterocycles. The Kier molecular flexibility index (Phi) is 4.12. The van der Waals surface area contributed by atoms with E-state index >= 15 is 0 Å². The molecule has 0 radical (unpaired) electrons. The van der Waals surface area contributed by atoms with E-state index in [2.05, 4.69) is 35.2 Å². The van der Waals surface area contributed by atoms with Crippen molar-refractivity contribution in [2.75, 3.05) is 12.0 Å². The van der Waals surface area contributed by atoms with Gasteiger partial charge in [-0.25, -0.2) is 0 Å². The normalized spacial score (nSPS) is 15.5. The average molecular weight is 351 g/mol. The summed E-state index contributed by atoms with van der Waals surface area (Å²) in [5.74, 6) is 0.811. The Morgan fingerprint density at radius 3 is 2.52 bits per heavy atom. The SMILES string of the molecule is COc1ccc2c(c1)C(N)c1ccc(Cl)cc1N2Cc1ccccc1. The van der Waals surface area contributed by atoms with Gasteiger partial charge in [0.15, 0.2) is 0 Å². The summed E-state index contributed by atoms with van der Waals surface area (Å²) in [5.41, 5.74) is 12.1. The third-order valence-electron chi connectivity index (χ3n) is 4.66. The molecule has 0 amide bonds. The van der Waals surface area contributed by atoms with Crippen LogP contribution in [0, 0.1) is 0 Å². The van der Waals surface area contributed by atoms with Crippen LogP contribution in [0.3, 0.4) is 0 Å². The van der Waals surface area contributed by atoms with Crippen molar-refractivity contribution in [3.63, 3.8) is 0 Å². The lowest BCUT2D eigenvalue weighted by atomic mass is 9.90. The molecule has 25 heavy (non-hydrogen) atoms. The van der Waals surface area contributed by atoms with Crippen LogP contribution in [0.1, 0.15) is 22.7 Å². The molecule has 3 aromatic rings. The highest BCUT2D eigenvalue weighted by Crippen LogP contribution is 2.45. The fourth-order valence-corrected chi connectivity index (χ4v) is 3.57. The lowest BCUT2D eigenvalue weighted by Crippen LogP contribution is -2.28. The van der Waals surface area contributed by atoms with Gasteiger partial charge in [0.1, 0.15) is 5.75 Å². The molecule has 3 nitrogen and oxygen atoms in total. The van der Waals surface area contributed by atoms with Crippen molar-refractivity contribution >= 4 is 23.0 Å². The van der Waals surface area contributed by atoms with Crippen LogP contribution in [0.25, 0.3) is 0 Å². The van der Waals surface area contributed by atoms with Crippen LogP contribution in [0.5, 0.6) is 5.75 Å². The predicted octanol–water partition coefficient (Wildman–Crippen LogP) is 5.05. The summed E-state index contributed by atoms with van der Waals surface area (Å²) < 4.78 is 5.39. The minimum absolute atomic E-state index is 0.204. The molecule has 1 aliphatic rings. The molecule has 0 saturated carbocycles. The van der Waals surface area contributed by atoms with Crippen LogP contribution in [-0.4, -0.2) is 7.11 Å². The van der Waals surface area contributed by atoms with Gasteiger partial charge in [-0.2, -0.15) is 0 Å². The molecule has 0 aliphatic carbocycles. The topological polar surface area (TPSA) is 38.5 Å². The number of nitrogens with zero attached hydrogens (tertiary/aromatic N) is 1. The summed E-state index contributed by atoms with van der Waals surface area (Å²) in [6.45, 7) is 0.750. The van der Waals surface area contributed by atoms with Gasteiger partial charge in [0.25, 0.3) is 0 Å². The maximum Gasteiger partial charge on any atom is 0.119 e. The van der Waals surface area contributed by atoms with Gasteiger partial charge in [-0.1, -0.05) is 48.0 Å². The van der Waals surface area contributed by atoms with E-state index in [1.807, 2.05) is 36.4 Å². The van der Waals surface area contributed by atoms with Crippen molar-refractivity contribution in [3.05, 3.63) is 88.4 Å². The minimum Gasteiger partial charge on any atom is -0.497 e. The van der Waals surface area contributed by atoms with Gasteiger partial charge in [-0.3, -0.25) is 0 Å². The van der Waals surface area contributed by atoms with E-state index < -0.39 is 0 Å². The van der Waals surface area contributed by atoms with Crippen molar-refractivity contribution in [3.8, 4) is 5.75 Å². The van der Waals surface area contributed by atoms with Crippen LogP contribution >= 0.6 is 11.6 Å².